The van der Waals surface area contributed by atoms with Crippen LogP contribution >= 0.6 is 24.0 Å². The van der Waals surface area contributed by atoms with Crippen LogP contribution in [0, 0.1) is 0 Å². The minimum Gasteiger partial charge on any atom is -0.341 e. The van der Waals surface area contributed by atoms with Crippen LogP contribution in [0.1, 0.15) is 6.92 Å². The molecule has 1 atom stereocenters. The van der Waals surface area contributed by atoms with E-state index in [-0.39, 0.29) is 29.9 Å². The summed E-state index contributed by atoms with van der Waals surface area (Å²) in [6.45, 7) is 2.04. The van der Waals surface area contributed by atoms with E-state index in [1.54, 1.807) is 6.92 Å². The number of carbonyl (C=O) groups excluding carboxylic acids is 1. The first kappa shape index (κ1) is 19.2. The first-order chi connectivity index (χ1) is 8.77. The number of nitrogens with zero attached hydrogens (tertiary/aromatic N) is 1. The van der Waals surface area contributed by atoms with Crippen LogP contribution in [0.15, 0.2) is 29.2 Å². The van der Waals surface area contributed by atoms with E-state index in [2.05, 4.69) is 0 Å². The van der Waals surface area contributed by atoms with Crippen LogP contribution in [0.5, 0.6) is 0 Å². The van der Waals surface area contributed by atoms with Gasteiger partial charge in [0, 0.05) is 24.7 Å². The van der Waals surface area contributed by atoms with Crippen molar-refractivity contribution in [1.82, 2.24) is 4.90 Å². The van der Waals surface area contributed by atoms with Crippen LogP contribution in [0.3, 0.4) is 0 Å². The Balaban J connectivity index is 0.00000361. The van der Waals surface area contributed by atoms with Gasteiger partial charge < -0.3 is 10.6 Å². The van der Waals surface area contributed by atoms with Gasteiger partial charge in [-0.25, -0.2) is 8.42 Å². The molecule has 0 saturated heterocycles. The SMILES string of the molecule is CC(CN)N(C)C(=O)CS(=O)(=O)c1ccc(Cl)cc1.Cl. The van der Waals surface area contributed by atoms with E-state index < -0.39 is 21.5 Å². The van der Waals surface area contributed by atoms with Crippen molar-refractivity contribution in [2.24, 2.45) is 5.73 Å². The summed E-state index contributed by atoms with van der Waals surface area (Å²) in [5.41, 5.74) is 5.44. The molecule has 1 amide bonds. The maximum atomic E-state index is 12.0. The Morgan fingerprint density at radius 3 is 2.30 bits per heavy atom. The van der Waals surface area contributed by atoms with Crippen LogP contribution in [0.2, 0.25) is 5.02 Å². The number of benzene rings is 1. The molecule has 20 heavy (non-hydrogen) atoms. The molecule has 0 aliphatic heterocycles. The number of carbonyl (C=O) groups is 1. The van der Waals surface area contributed by atoms with Gasteiger partial charge in [0.05, 0.1) is 4.90 Å². The standard InChI is InChI=1S/C12H17ClN2O3S.ClH/c1-9(7-14)15(2)12(16)8-19(17,18)11-5-3-10(13)4-6-11;/h3-6,9H,7-8,14H2,1-2H3;1H. The fraction of sp³-hybridized carbons (Fsp3) is 0.417. The zero-order valence-corrected chi connectivity index (χ0v) is 13.6. The Morgan fingerprint density at radius 1 is 1.35 bits per heavy atom. The summed E-state index contributed by atoms with van der Waals surface area (Å²) in [4.78, 5) is 13.3. The average molecular weight is 341 g/mol. The first-order valence-electron chi connectivity index (χ1n) is 5.72. The molecule has 0 heterocycles. The number of halogens is 2. The maximum Gasteiger partial charge on any atom is 0.238 e. The largest absolute Gasteiger partial charge is 0.341 e. The summed E-state index contributed by atoms with van der Waals surface area (Å²) >= 11 is 5.69. The van der Waals surface area contributed by atoms with Crippen molar-refractivity contribution in [2.45, 2.75) is 17.9 Å². The van der Waals surface area contributed by atoms with Gasteiger partial charge in [0.1, 0.15) is 5.75 Å². The predicted molar refractivity (Wildman–Crippen MR) is 82.0 cm³/mol. The zero-order chi connectivity index (χ0) is 14.6. The van der Waals surface area contributed by atoms with Crippen LogP contribution < -0.4 is 5.73 Å². The number of sulfone groups is 1. The van der Waals surface area contributed by atoms with E-state index >= 15 is 0 Å². The van der Waals surface area contributed by atoms with Gasteiger partial charge in [0.15, 0.2) is 9.84 Å². The second-order valence-electron chi connectivity index (χ2n) is 4.30. The van der Waals surface area contributed by atoms with Gasteiger partial charge in [-0.1, -0.05) is 11.6 Å². The molecule has 2 N–H and O–H groups in total. The Hall–Kier alpha value is -0.820. The minimum atomic E-state index is -3.65. The molecule has 5 nitrogen and oxygen atoms in total. The quantitative estimate of drug-likeness (QED) is 0.876. The smallest absolute Gasteiger partial charge is 0.238 e. The molecule has 0 spiro atoms. The van der Waals surface area contributed by atoms with Gasteiger partial charge in [0.25, 0.3) is 0 Å². The fourth-order valence-electron chi connectivity index (χ4n) is 1.39. The fourth-order valence-corrected chi connectivity index (χ4v) is 2.77. The van der Waals surface area contributed by atoms with Crippen LogP contribution in [-0.2, 0) is 14.6 Å². The number of rotatable bonds is 5. The van der Waals surface area contributed by atoms with E-state index in [0.717, 1.165) is 0 Å². The van der Waals surface area contributed by atoms with Crippen molar-refractivity contribution >= 4 is 39.8 Å². The highest BCUT2D eigenvalue weighted by atomic mass is 35.5. The molecule has 1 unspecified atom stereocenters. The molecule has 0 fully saturated rings. The minimum absolute atomic E-state index is 0. The Morgan fingerprint density at radius 2 is 1.85 bits per heavy atom. The molecule has 0 bridgehead atoms. The number of nitrogens with two attached hydrogens (primary N) is 1. The van der Waals surface area contributed by atoms with Gasteiger partial charge in [-0.05, 0) is 31.2 Å². The third kappa shape index (κ3) is 4.94. The summed E-state index contributed by atoms with van der Waals surface area (Å²) in [7, 11) is -2.11. The highest BCUT2D eigenvalue weighted by Gasteiger charge is 2.23. The van der Waals surface area contributed by atoms with E-state index in [0.29, 0.717) is 5.02 Å². The number of hydrogen-bond acceptors (Lipinski definition) is 4. The maximum absolute atomic E-state index is 12.0. The molecule has 8 heteroatoms. The molecule has 114 valence electrons. The van der Waals surface area contributed by atoms with E-state index in [1.807, 2.05) is 0 Å². The van der Waals surface area contributed by atoms with E-state index in [4.69, 9.17) is 17.3 Å². The van der Waals surface area contributed by atoms with E-state index in [9.17, 15) is 13.2 Å². The van der Waals surface area contributed by atoms with Crippen molar-refractivity contribution in [3.63, 3.8) is 0 Å². The molecule has 0 radical (unpaired) electrons. The van der Waals surface area contributed by atoms with Gasteiger partial charge >= 0.3 is 0 Å². The van der Waals surface area contributed by atoms with Gasteiger partial charge in [-0.15, -0.1) is 12.4 Å². The third-order valence-electron chi connectivity index (χ3n) is 2.88. The van der Waals surface area contributed by atoms with Crippen LogP contribution in [-0.4, -0.2) is 44.6 Å². The summed E-state index contributed by atoms with van der Waals surface area (Å²) in [5, 5.41) is 0.444. The number of likely N-dealkylation sites (N-methyl/N-ethyl adjacent to an activating group) is 1. The molecular formula is C12H18Cl2N2O3S. The Bertz CT molecular complexity index is 546. The second kappa shape index (κ2) is 7.83. The van der Waals surface area contributed by atoms with Crippen molar-refractivity contribution in [3.8, 4) is 0 Å². The van der Waals surface area contributed by atoms with Gasteiger partial charge in [-0.3, -0.25) is 4.79 Å². The van der Waals surface area contributed by atoms with Crippen molar-refractivity contribution < 1.29 is 13.2 Å². The molecular weight excluding hydrogens is 323 g/mol. The zero-order valence-electron chi connectivity index (χ0n) is 11.2. The molecule has 1 aromatic rings. The topological polar surface area (TPSA) is 80.5 Å². The lowest BCUT2D eigenvalue weighted by atomic mass is 10.3. The van der Waals surface area contributed by atoms with E-state index in [1.165, 1.54) is 36.2 Å². The predicted octanol–water partition coefficient (Wildman–Crippen LogP) is 1.34. The van der Waals surface area contributed by atoms with Crippen molar-refractivity contribution in [2.75, 3.05) is 19.3 Å². The molecule has 0 saturated carbocycles. The molecule has 0 aliphatic rings. The summed E-state index contributed by atoms with van der Waals surface area (Å²) in [6, 6.07) is 5.53. The second-order valence-corrected chi connectivity index (χ2v) is 6.73. The lowest BCUT2D eigenvalue weighted by Crippen LogP contribution is -2.42. The highest BCUT2D eigenvalue weighted by Crippen LogP contribution is 2.16. The Kier molecular flexibility index (Phi) is 7.51. The van der Waals surface area contributed by atoms with Gasteiger partial charge in [-0.2, -0.15) is 0 Å². The molecule has 0 aliphatic carbocycles. The lowest BCUT2D eigenvalue weighted by Gasteiger charge is -2.23. The van der Waals surface area contributed by atoms with Crippen LogP contribution in [0.25, 0.3) is 0 Å². The van der Waals surface area contributed by atoms with Crippen molar-refractivity contribution in [1.29, 1.82) is 0 Å². The number of hydrogen-bond donors (Lipinski definition) is 1. The molecule has 0 aromatic heterocycles. The monoisotopic (exact) mass is 340 g/mol. The lowest BCUT2D eigenvalue weighted by molar-refractivity contribution is -0.128. The third-order valence-corrected chi connectivity index (χ3v) is 4.75. The summed E-state index contributed by atoms with van der Waals surface area (Å²) in [6.07, 6.45) is 0. The average Bonchev–Trinajstić information content (AvgIpc) is 2.36. The summed E-state index contributed by atoms with van der Waals surface area (Å²) in [5.74, 6) is -1.05. The Labute approximate surface area is 130 Å². The summed E-state index contributed by atoms with van der Waals surface area (Å²) < 4.78 is 24.1. The first-order valence-corrected chi connectivity index (χ1v) is 7.75. The van der Waals surface area contributed by atoms with Gasteiger partial charge in [0.2, 0.25) is 5.91 Å². The highest BCUT2D eigenvalue weighted by molar-refractivity contribution is 7.92. The van der Waals surface area contributed by atoms with Crippen molar-refractivity contribution in [3.05, 3.63) is 29.3 Å². The molecule has 1 rings (SSSR count). The number of amides is 1. The van der Waals surface area contributed by atoms with Crippen LogP contribution in [0.4, 0.5) is 0 Å². The normalized spacial score (nSPS) is 12.4. The molecule has 1 aromatic carbocycles.